The molecule has 1 N–H and O–H groups in total. The molecule has 1 aromatic heterocycles. The van der Waals surface area contributed by atoms with Gasteiger partial charge in [0.2, 0.25) is 0 Å². The van der Waals surface area contributed by atoms with Crippen LogP contribution in [0.5, 0.6) is 0 Å². The number of aryl methyl sites for hydroxylation is 1. The largest absolute Gasteiger partial charge is 0.324 e. The molecule has 0 aliphatic heterocycles. The number of rotatable bonds is 4. The Morgan fingerprint density at radius 2 is 1.68 bits per heavy atom. The van der Waals surface area contributed by atoms with Gasteiger partial charge in [-0.25, -0.2) is 13.1 Å². The number of nitrogens with zero attached hydrogens (tertiary/aromatic N) is 1. The number of nitrogens with one attached hydrogen (secondary N) is 1. The van der Waals surface area contributed by atoms with Crippen molar-refractivity contribution in [3.05, 3.63) is 83.1 Å². The van der Waals surface area contributed by atoms with Crippen LogP contribution in [0.15, 0.2) is 71.9 Å². The summed E-state index contributed by atoms with van der Waals surface area (Å²) in [7, 11) is -3.97. The molecule has 0 spiro atoms. The molecule has 3 aromatic rings. The highest BCUT2D eigenvalue weighted by atomic mass is 35.5. The van der Waals surface area contributed by atoms with E-state index in [1.807, 2.05) is 36.0 Å². The van der Waals surface area contributed by atoms with Crippen LogP contribution in [0.3, 0.4) is 0 Å². The van der Waals surface area contributed by atoms with Gasteiger partial charge in [0.1, 0.15) is 0 Å². The molecular weight excluding hydrogens is 360 g/mol. The van der Waals surface area contributed by atoms with Gasteiger partial charge in [-0.1, -0.05) is 17.7 Å². The molecule has 5 nitrogen and oxygen atoms in total. The number of benzene rings is 2. The molecule has 0 aliphatic rings. The van der Waals surface area contributed by atoms with E-state index in [4.69, 9.17) is 11.6 Å². The lowest BCUT2D eigenvalue weighted by Crippen LogP contribution is -2.30. The van der Waals surface area contributed by atoms with Gasteiger partial charge in [0.25, 0.3) is 15.9 Å². The Kier molecular flexibility index (Phi) is 4.65. The summed E-state index contributed by atoms with van der Waals surface area (Å²) in [6, 6.07) is 14.4. The van der Waals surface area contributed by atoms with Crippen molar-refractivity contribution >= 4 is 27.5 Å². The first-order valence-electron chi connectivity index (χ1n) is 7.43. The number of amides is 1. The van der Waals surface area contributed by atoms with E-state index in [2.05, 4.69) is 4.72 Å². The molecule has 1 amide bonds. The fraction of sp³-hybridized carbons (Fsp3) is 0.0556. The van der Waals surface area contributed by atoms with E-state index in [0.29, 0.717) is 5.02 Å². The average Bonchev–Trinajstić information content (AvgIpc) is 3.09. The third-order valence-electron chi connectivity index (χ3n) is 3.70. The minimum atomic E-state index is -3.97. The molecular formula is C18H15ClN2O3S. The Morgan fingerprint density at radius 3 is 2.32 bits per heavy atom. The fourth-order valence-electron chi connectivity index (χ4n) is 2.38. The second kappa shape index (κ2) is 6.74. The van der Waals surface area contributed by atoms with Gasteiger partial charge in [0, 0.05) is 28.7 Å². The molecule has 25 heavy (non-hydrogen) atoms. The quantitative estimate of drug-likeness (QED) is 0.759. The van der Waals surface area contributed by atoms with E-state index in [-0.39, 0.29) is 10.5 Å². The van der Waals surface area contributed by atoms with Crippen LogP contribution in [0.25, 0.3) is 5.69 Å². The molecule has 0 unspecified atom stereocenters. The van der Waals surface area contributed by atoms with Crippen molar-refractivity contribution in [1.82, 2.24) is 9.29 Å². The Bertz CT molecular complexity index is 1010. The van der Waals surface area contributed by atoms with Crippen LogP contribution in [0.4, 0.5) is 0 Å². The predicted molar refractivity (Wildman–Crippen MR) is 96.6 cm³/mol. The minimum Gasteiger partial charge on any atom is -0.324 e. The van der Waals surface area contributed by atoms with E-state index in [1.54, 1.807) is 18.2 Å². The number of hydrogen-bond acceptors (Lipinski definition) is 3. The topological polar surface area (TPSA) is 68.2 Å². The van der Waals surface area contributed by atoms with E-state index in [1.165, 1.54) is 24.3 Å². The fourth-order valence-corrected chi connectivity index (χ4v) is 3.48. The number of carbonyl (C=O) groups is 1. The monoisotopic (exact) mass is 374 g/mol. The minimum absolute atomic E-state index is 0.0250. The van der Waals surface area contributed by atoms with E-state index in [0.717, 1.165) is 11.3 Å². The first-order chi connectivity index (χ1) is 11.9. The summed E-state index contributed by atoms with van der Waals surface area (Å²) in [6.07, 6.45) is 3.71. The van der Waals surface area contributed by atoms with Crippen LogP contribution in [-0.2, 0) is 10.0 Å². The van der Waals surface area contributed by atoms with Crippen molar-refractivity contribution in [1.29, 1.82) is 0 Å². The van der Waals surface area contributed by atoms with Crippen molar-refractivity contribution in [2.75, 3.05) is 0 Å². The summed E-state index contributed by atoms with van der Waals surface area (Å²) in [5.41, 5.74) is 2.03. The van der Waals surface area contributed by atoms with Crippen molar-refractivity contribution in [2.45, 2.75) is 11.8 Å². The van der Waals surface area contributed by atoms with Gasteiger partial charge in [-0.05, 0) is 61.0 Å². The molecule has 0 radical (unpaired) electrons. The zero-order valence-electron chi connectivity index (χ0n) is 13.3. The molecule has 128 valence electrons. The predicted octanol–water partition coefficient (Wildman–Crippen LogP) is 3.56. The average molecular weight is 375 g/mol. The SMILES string of the molecule is Cc1ccc(C(=O)NS(=O)(=O)c2ccc(Cl)cc2)cc1-n1cccc1. The highest BCUT2D eigenvalue weighted by molar-refractivity contribution is 7.90. The van der Waals surface area contributed by atoms with Gasteiger partial charge in [0.05, 0.1) is 4.90 Å². The van der Waals surface area contributed by atoms with E-state index in [9.17, 15) is 13.2 Å². The van der Waals surface area contributed by atoms with Crippen LogP contribution < -0.4 is 4.72 Å². The summed E-state index contributed by atoms with van der Waals surface area (Å²) in [4.78, 5) is 12.4. The molecule has 2 aromatic carbocycles. The lowest BCUT2D eigenvalue weighted by Gasteiger charge is -2.11. The van der Waals surface area contributed by atoms with Gasteiger partial charge < -0.3 is 4.57 Å². The molecule has 0 atom stereocenters. The Hall–Kier alpha value is -2.57. The normalized spacial score (nSPS) is 11.3. The highest BCUT2D eigenvalue weighted by Crippen LogP contribution is 2.18. The number of carbonyl (C=O) groups excluding carboxylic acids is 1. The smallest absolute Gasteiger partial charge is 0.265 e. The molecule has 0 saturated carbocycles. The van der Waals surface area contributed by atoms with E-state index >= 15 is 0 Å². The Balaban J connectivity index is 1.89. The van der Waals surface area contributed by atoms with Crippen molar-refractivity contribution in [3.8, 4) is 5.69 Å². The van der Waals surface area contributed by atoms with Gasteiger partial charge >= 0.3 is 0 Å². The number of hydrogen-bond donors (Lipinski definition) is 1. The molecule has 1 heterocycles. The van der Waals surface area contributed by atoms with Crippen LogP contribution in [-0.4, -0.2) is 18.9 Å². The first kappa shape index (κ1) is 17.3. The molecule has 3 rings (SSSR count). The standard InChI is InChI=1S/C18H15ClN2O3S/c1-13-4-5-14(12-17(13)21-10-2-3-11-21)18(22)20-25(23,24)16-8-6-15(19)7-9-16/h2-12H,1H3,(H,20,22). The second-order valence-corrected chi connectivity index (χ2v) is 7.60. The molecule has 0 fully saturated rings. The second-order valence-electron chi connectivity index (χ2n) is 5.48. The number of sulfonamides is 1. The van der Waals surface area contributed by atoms with Crippen LogP contribution in [0, 0.1) is 6.92 Å². The summed E-state index contributed by atoms with van der Waals surface area (Å²) in [5.74, 6) is -0.691. The molecule has 0 saturated heterocycles. The summed E-state index contributed by atoms with van der Waals surface area (Å²) in [6.45, 7) is 1.92. The third-order valence-corrected chi connectivity index (χ3v) is 5.30. The third kappa shape index (κ3) is 3.75. The summed E-state index contributed by atoms with van der Waals surface area (Å²) in [5, 5.41) is 0.417. The van der Waals surface area contributed by atoms with Crippen molar-refractivity contribution in [2.24, 2.45) is 0 Å². The first-order valence-corrected chi connectivity index (χ1v) is 9.30. The van der Waals surface area contributed by atoms with Crippen LogP contribution in [0.2, 0.25) is 5.02 Å². The number of aromatic nitrogens is 1. The van der Waals surface area contributed by atoms with Crippen molar-refractivity contribution in [3.63, 3.8) is 0 Å². The van der Waals surface area contributed by atoms with Gasteiger partial charge in [0.15, 0.2) is 0 Å². The van der Waals surface area contributed by atoms with Gasteiger partial charge in [-0.3, -0.25) is 4.79 Å². The van der Waals surface area contributed by atoms with E-state index < -0.39 is 15.9 Å². The molecule has 7 heteroatoms. The zero-order valence-corrected chi connectivity index (χ0v) is 14.9. The maximum Gasteiger partial charge on any atom is 0.265 e. The highest BCUT2D eigenvalue weighted by Gasteiger charge is 2.19. The zero-order chi connectivity index (χ0) is 18.0. The number of halogens is 1. The molecule has 0 aliphatic carbocycles. The van der Waals surface area contributed by atoms with Crippen LogP contribution in [0.1, 0.15) is 15.9 Å². The maximum absolute atomic E-state index is 12.4. The summed E-state index contributed by atoms with van der Waals surface area (Å²) >= 11 is 5.76. The van der Waals surface area contributed by atoms with Gasteiger partial charge in [-0.2, -0.15) is 0 Å². The Labute approximate surface area is 150 Å². The summed E-state index contributed by atoms with van der Waals surface area (Å²) < 4.78 is 28.6. The van der Waals surface area contributed by atoms with Crippen molar-refractivity contribution < 1.29 is 13.2 Å². The van der Waals surface area contributed by atoms with Gasteiger partial charge in [-0.15, -0.1) is 0 Å². The molecule has 0 bridgehead atoms. The lowest BCUT2D eigenvalue weighted by molar-refractivity contribution is 0.0981. The lowest BCUT2D eigenvalue weighted by atomic mass is 10.1. The maximum atomic E-state index is 12.4. The van der Waals surface area contributed by atoms with Crippen LogP contribution >= 0.6 is 11.6 Å². The Morgan fingerprint density at radius 1 is 1.04 bits per heavy atom.